The zero-order chi connectivity index (χ0) is 15.9. The van der Waals surface area contributed by atoms with E-state index in [1.165, 1.54) is 13.2 Å². The van der Waals surface area contributed by atoms with E-state index in [1.807, 2.05) is 6.07 Å². The SMILES string of the molecule is COc1cc(CNC(=O)c2cccc(CC#N)c2)ccc1O. The number of nitrogens with zero attached hydrogens (tertiary/aromatic N) is 1. The van der Waals surface area contributed by atoms with Gasteiger partial charge in [0.1, 0.15) is 0 Å². The molecule has 0 fully saturated rings. The van der Waals surface area contributed by atoms with E-state index < -0.39 is 0 Å². The number of nitriles is 1. The smallest absolute Gasteiger partial charge is 0.251 e. The van der Waals surface area contributed by atoms with Gasteiger partial charge in [0.2, 0.25) is 0 Å². The summed E-state index contributed by atoms with van der Waals surface area (Å²) in [4.78, 5) is 12.1. The number of methoxy groups -OCH3 is 1. The second-order valence-electron chi connectivity index (χ2n) is 4.72. The average molecular weight is 296 g/mol. The molecule has 5 nitrogen and oxygen atoms in total. The molecular weight excluding hydrogens is 280 g/mol. The van der Waals surface area contributed by atoms with Crippen LogP contribution in [0.25, 0.3) is 0 Å². The molecule has 2 aromatic rings. The Morgan fingerprint density at radius 1 is 1.27 bits per heavy atom. The molecule has 1 amide bonds. The van der Waals surface area contributed by atoms with Crippen molar-refractivity contribution in [2.45, 2.75) is 13.0 Å². The Balaban J connectivity index is 2.04. The van der Waals surface area contributed by atoms with Gasteiger partial charge in [0.05, 0.1) is 19.6 Å². The molecule has 0 aliphatic carbocycles. The van der Waals surface area contributed by atoms with Gasteiger partial charge >= 0.3 is 0 Å². The van der Waals surface area contributed by atoms with E-state index in [2.05, 4.69) is 11.4 Å². The van der Waals surface area contributed by atoms with Gasteiger partial charge < -0.3 is 15.2 Å². The van der Waals surface area contributed by atoms with E-state index in [-0.39, 0.29) is 18.1 Å². The maximum atomic E-state index is 12.1. The van der Waals surface area contributed by atoms with Gasteiger partial charge in [-0.2, -0.15) is 5.26 Å². The second kappa shape index (κ2) is 7.14. The molecule has 0 aromatic heterocycles. The number of carbonyl (C=O) groups is 1. The monoisotopic (exact) mass is 296 g/mol. The third-order valence-corrected chi connectivity index (χ3v) is 3.17. The van der Waals surface area contributed by atoms with Crippen molar-refractivity contribution in [1.29, 1.82) is 5.26 Å². The van der Waals surface area contributed by atoms with Crippen LogP contribution >= 0.6 is 0 Å². The van der Waals surface area contributed by atoms with Crippen LogP contribution in [0.5, 0.6) is 11.5 Å². The lowest BCUT2D eigenvalue weighted by atomic mass is 10.1. The highest BCUT2D eigenvalue weighted by Crippen LogP contribution is 2.26. The molecule has 0 unspecified atom stereocenters. The molecular formula is C17H16N2O3. The predicted octanol–water partition coefficient (Wildman–Crippen LogP) is 2.40. The molecule has 22 heavy (non-hydrogen) atoms. The van der Waals surface area contributed by atoms with Crippen molar-refractivity contribution in [2.75, 3.05) is 7.11 Å². The summed E-state index contributed by atoms with van der Waals surface area (Å²) in [6.07, 6.45) is 0.274. The van der Waals surface area contributed by atoms with E-state index in [4.69, 9.17) is 10.00 Å². The lowest BCUT2D eigenvalue weighted by Crippen LogP contribution is -2.22. The molecule has 0 radical (unpaired) electrons. The quantitative estimate of drug-likeness (QED) is 0.887. The highest BCUT2D eigenvalue weighted by molar-refractivity contribution is 5.94. The van der Waals surface area contributed by atoms with Gasteiger partial charge in [0, 0.05) is 12.1 Å². The average Bonchev–Trinajstić information content (AvgIpc) is 2.54. The van der Waals surface area contributed by atoms with Crippen LogP contribution in [0.4, 0.5) is 0 Å². The van der Waals surface area contributed by atoms with E-state index in [0.717, 1.165) is 11.1 Å². The molecule has 0 aliphatic heterocycles. The Labute approximate surface area is 128 Å². The zero-order valence-electron chi connectivity index (χ0n) is 12.2. The predicted molar refractivity (Wildman–Crippen MR) is 81.6 cm³/mol. The lowest BCUT2D eigenvalue weighted by Gasteiger charge is -2.09. The molecule has 112 valence electrons. The van der Waals surface area contributed by atoms with Crippen LogP contribution in [-0.2, 0) is 13.0 Å². The fraction of sp³-hybridized carbons (Fsp3) is 0.176. The van der Waals surface area contributed by atoms with Gasteiger partial charge in [-0.25, -0.2) is 0 Å². The van der Waals surface area contributed by atoms with Crippen LogP contribution < -0.4 is 10.1 Å². The van der Waals surface area contributed by atoms with E-state index in [9.17, 15) is 9.90 Å². The number of phenolic OH excluding ortho intramolecular Hbond substituents is 1. The summed E-state index contributed by atoms with van der Waals surface area (Å²) in [6.45, 7) is 0.317. The number of benzene rings is 2. The van der Waals surface area contributed by atoms with Gasteiger partial charge in [-0.1, -0.05) is 18.2 Å². The van der Waals surface area contributed by atoms with Crippen LogP contribution in [0.2, 0.25) is 0 Å². The molecule has 0 aliphatic rings. The Hall–Kier alpha value is -3.00. The number of phenols is 1. The third kappa shape index (κ3) is 3.76. The summed E-state index contributed by atoms with van der Waals surface area (Å²) in [5, 5.41) is 21.0. The van der Waals surface area contributed by atoms with Crippen molar-refractivity contribution >= 4 is 5.91 Å². The number of hydrogen-bond donors (Lipinski definition) is 2. The minimum Gasteiger partial charge on any atom is -0.504 e. The summed E-state index contributed by atoms with van der Waals surface area (Å²) in [7, 11) is 1.47. The van der Waals surface area contributed by atoms with Crippen LogP contribution in [-0.4, -0.2) is 18.1 Å². The van der Waals surface area contributed by atoms with Crippen LogP contribution in [0.1, 0.15) is 21.5 Å². The fourth-order valence-corrected chi connectivity index (χ4v) is 2.03. The highest BCUT2D eigenvalue weighted by atomic mass is 16.5. The molecule has 0 saturated carbocycles. The van der Waals surface area contributed by atoms with E-state index >= 15 is 0 Å². The Kier molecular flexibility index (Phi) is 4.99. The van der Waals surface area contributed by atoms with Gasteiger partial charge in [0.25, 0.3) is 5.91 Å². The Morgan fingerprint density at radius 3 is 2.82 bits per heavy atom. The molecule has 0 atom stereocenters. The largest absolute Gasteiger partial charge is 0.504 e. The summed E-state index contributed by atoms with van der Waals surface area (Å²) >= 11 is 0. The summed E-state index contributed by atoms with van der Waals surface area (Å²) < 4.78 is 5.03. The molecule has 0 bridgehead atoms. The zero-order valence-corrected chi connectivity index (χ0v) is 12.2. The first-order chi connectivity index (χ1) is 10.6. The van der Waals surface area contributed by atoms with Crippen LogP contribution in [0.15, 0.2) is 42.5 Å². The molecule has 2 aromatic carbocycles. The fourth-order valence-electron chi connectivity index (χ4n) is 2.03. The first-order valence-electron chi connectivity index (χ1n) is 6.74. The maximum absolute atomic E-state index is 12.1. The van der Waals surface area contributed by atoms with E-state index in [0.29, 0.717) is 17.9 Å². The van der Waals surface area contributed by atoms with Crippen molar-refractivity contribution in [1.82, 2.24) is 5.32 Å². The van der Waals surface area contributed by atoms with Crippen molar-refractivity contribution in [3.63, 3.8) is 0 Å². The number of carbonyl (C=O) groups excluding carboxylic acids is 1. The van der Waals surface area contributed by atoms with Crippen LogP contribution in [0, 0.1) is 11.3 Å². The van der Waals surface area contributed by atoms with Crippen molar-refractivity contribution in [3.8, 4) is 17.6 Å². The molecule has 2 rings (SSSR count). The molecule has 0 heterocycles. The molecule has 2 N–H and O–H groups in total. The van der Waals surface area contributed by atoms with Gasteiger partial charge in [-0.05, 0) is 35.4 Å². The normalized spacial score (nSPS) is 9.82. The number of nitrogens with one attached hydrogen (secondary N) is 1. The summed E-state index contributed by atoms with van der Waals surface area (Å²) in [5.74, 6) is 0.205. The first-order valence-corrected chi connectivity index (χ1v) is 6.74. The minimum atomic E-state index is -0.216. The number of amides is 1. The number of hydrogen-bond acceptors (Lipinski definition) is 4. The summed E-state index contributed by atoms with van der Waals surface area (Å²) in [6, 6.07) is 13.9. The van der Waals surface area contributed by atoms with Gasteiger partial charge in [0.15, 0.2) is 11.5 Å². The maximum Gasteiger partial charge on any atom is 0.251 e. The number of ether oxygens (including phenoxy) is 1. The first kappa shape index (κ1) is 15.4. The Bertz CT molecular complexity index is 720. The Morgan fingerprint density at radius 2 is 2.09 bits per heavy atom. The second-order valence-corrected chi connectivity index (χ2v) is 4.72. The van der Waals surface area contributed by atoms with Crippen molar-refractivity contribution in [2.24, 2.45) is 0 Å². The number of rotatable bonds is 5. The standard InChI is InChI=1S/C17H16N2O3/c1-22-16-10-13(5-6-15(16)20)11-19-17(21)14-4-2-3-12(9-14)7-8-18/h2-6,9-10,20H,7,11H2,1H3,(H,19,21). The lowest BCUT2D eigenvalue weighted by molar-refractivity contribution is 0.0951. The molecule has 5 heteroatoms. The topological polar surface area (TPSA) is 82.3 Å². The minimum absolute atomic E-state index is 0.0572. The highest BCUT2D eigenvalue weighted by Gasteiger charge is 2.07. The van der Waals surface area contributed by atoms with Gasteiger partial charge in [-0.15, -0.1) is 0 Å². The van der Waals surface area contributed by atoms with Gasteiger partial charge in [-0.3, -0.25) is 4.79 Å². The third-order valence-electron chi connectivity index (χ3n) is 3.17. The summed E-state index contributed by atoms with van der Waals surface area (Å²) in [5.41, 5.74) is 2.14. The molecule has 0 saturated heterocycles. The van der Waals surface area contributed by atoms with Crippen molar-refractivity contribution in [3.05, 3.63) is 59.2 Å². The number of aromatic hydroxyl groups is 1. The van der Waals surface area contributed by atoms with Crippen molar-refractivity contribution < 1.29 is 14.6 Å². The van der Waals surface area contributed by atoms with Crippen LogP contribution in [0.3, 0.4) is 0 Å². The molecule has 0 spiro atoms. The van der Waals surface area contributed by atoms with E-state index in [1.54, 1.807) is 30.3 Å².